The average molecular weight is 529 g/mol. The number of aryl methyl sites for hydroxylation is 2. The summed E-state index contributed by atoms with van der Waals surface area (Å²) >= 11 is 12.0. The number of alkyl halides is 3. The normalized spacial score (nSPS) is 11.9. The Bertz CT molecular complexity index is 1130. The van der Waals surface area contributed by atoms with Gasteiger partial charge < -0.3 is 15.2 Å². The first kappa shape index (κ1) is 28.2. The van der Waals surface area contributed by atoms with Crippen molar-refractivity contribution in [1.82, 2.24) is 15.1 Å². The largest absolute Gasteiger partial charge is 0.542 e. The van der Waals surface area contributed by atoms with E-state index in [2.05, 4.69) is 10.4 Å². The summed E-state index contributed by atoms with van der Waals surface area (Å²) < 4.78 is 33.3. The number of nitrogens with one attached hydrogen (secondary N) is 1. The van der Waals surface area contributed by atoms with Crippen LogP contribution in [0.4, 0.5) is 13.2 Å². The maximum Gasteiger partial charge on any atom is 0.430 e. The van der Waals surface area contributed by atoms with E-state index in [0.717, 1.165) is 28.9 Å². The molecule has 0 radical (unpaired) electrons. The number of hydrogen-bond donors (Lipinski definition) is 1. The van der Waals surface area contributed by atoms with Crippen LogP contribution in [0.15, 0.2) is 54.6 Å². The molecule has 35 heavy (non-hydrogen) atoms. The maximum atomic E-state index is 12.5. The quantitative estimate of drug-likeness (QED) is 0.496. The molecule has 0 fully saturated rings. The van der Waals surface area contributed by atoms with Crippen molar-refractivity contribution in [3.63, 3.8) is 0 Å². The molecular weight excluding hydrogens is 506 g/mol. The molecule has 0 saturated heterocycles. The molecule has 1 aromatic heterocycles. The van der Waals surface area contributed by atoms with E-state index < -0.39 is 12.1 Å². The number of carbonyl (C=O) groups is 2. The van der Waals surface area contributed by atoms with E-state index >= 15 is 0 Å². The zero-order chi connectivity index (χ0) is 26.2. The molecule has 1 heterocycles. The Balaban J connectivity index is 0.000000540. The van der Waals surface area contributed by atoms with Gasteiger partial charge in [-0.05, 0) is 61.7 Å². The molecule has 1 amide bonds. The van der Waals surface area contributed by atoms with Gasteiger partial charge in [0.15, 0.2) is 0 Å². The topological polar surface area (TPSA) is 87.0 Å². The van der Waals surface area contributed by atoms with Gasteiger partial charge in [-0.15, -0.1) is 0 Å². The second kappa shape index (κ2) is 12.6. The Kier molecular flexibility index (Phi) is 10.2. The molecule has 0 bridgehead atoms. The highest BCUT2D eigenvalue weighted by Gasteiger charge is 2.28. The summed E-state index contributed by atoms with van der Waals surface area (Å²) in [6.45, 7) is 4.62. The number of aromatic nitrogens is 2. The minimum Gasteiger partial charge on any atom is -0.542 e. The zero-order valence-electron chi connectivity index (χ0n) is 18.9. The van der Waals surface area contributed by atoms with Crippen LogP contribution in [-0.2, 0) is 22.6 Å². The number of halogens is 5. The summed E-state index contributed by atoms with van der Waals surface area (Å²) in [4.78, 5) is 21.2. The van der Waals surface area contributed by atoms with Crippen molar-refractivity contribution in [3.05, 3.63) is 87.2 Å². The predicted octanol–water partition coefficient (Wildman–Crippen LogP) is 4.25. The highest BCUT2D eigenvalue weighted by atomic mass is 35.5. The van der Waals surface area contributed by atoms with E-state index in [-0.39, 0.29) is 18.4 Å². The minimum absolute atomic E-state index is 0.0544. The number of carboxylic acid groups (broad SMARTS) is 1. The fourth-order valence-corrected chi connectivity index (χ4v) is 3.46. The number of hydrogen-bond acceptors (Lipinski definition) is 4. The number of carboxylic acids is 1. The van der Waals surface area contributed by atoms with Crippen molar-refractivity contribution >= 4 is 35.1 Å². The van der Waals surface area contributed by atoms with Crippen molar-refractivity contribution < 1.29 is 27.9 Å². The van der Waals surface area contributed by atoms with Crippen LogP contribution in [-0.4, -0.2) is 34.4 Å². The second-order valence-corrected chi connectivity index (χ2v) is 8.63. The SMILES string of the molecule is Cc1cc(C)n(CC(=O)NC[C@H](Cc2ccc(Cl)cc2)c2ccc(Cl)cc2)n1.O=C([O-])C(F)(F)F. The fraction of sp³-hybridized carbons (Fsp3) is 0.292. The van der Waals surface area contributed by atoms with E-state index in [9.17, 15) is 18.0 Å². The van der Waals surface area contributed by atoms with Crippen LogP contribution in [0.25, 0.3) is 0 Å². The summed E-state index contributed by atoms with van der Waals surface area (Å²) in [5.41, 5.74) is 4.18. The number of rotatable bonds is 7. The lowest BCUT2D eigenvalue weighted by molar-refractivity contribution is -0.344. The Morgan fingerprint density at radius 2 is 1.54 bits per heavy atom. The molecule has 11 heteroatoms. The lowest BCUT2D eigenvalue weighted by atomic mass is 9.92. The molecule has 2 aromatic carbocycles. The number of benzene rings is 2. The van der Waals surface area contributed by atoms with E-state index in [1.807, 2.05) is 68.4 Å². The number of aliphatic carboxylic acids is 1. The molecule has 1 N–H and O–H groups in total. The number of nitrogens with zero attached hydrogens (tertiary/aromatic N) is 2. The van der Waals surface area contributed by atoms with Gasteiger partial charge in [-0.2, -0.15) is 18.3 Å². The Hall–Kier alpha value is -3.04. The highest BCUT2D eigenvalue weighted by Crippen LogP contribution is 2.23. The van der Waals surface area contributed by atoms with Crippen molar-refractivity contribution in [2.75, 3.05) is 6.54 Å². The summed E-state index contributed by atoms with van der Waals surface area (Å²) in [6.07, 6.45) is -4.40. The molecule has 188 valence electrons. The van der Waals surface area contributed by atoms with E-state index in [1.54, 1.807) is 4.68 Å². The van der Waals surface area contributed by atoms with Gasteiger partial charge in [0.2, 0.25) is 5.91 Å². The Labute approximate surface area is 210 Å². The monoisotopic (exact) mass is 528 g/mol. The smallest absolute Gasteiger partial charge is 0.430 e. The van der Waals surface area contributed by atoms with Crippen molar-refractivity contribution in [2.45, 2.75) is 38.9 Å². The van der Waals surface area contributed by atoms with Gasteiger partial charge >= 0.3 is 6.18 Å². The summed E-state index contributed by atoms with van der Waals surface area (Å²) in [7, 11) is 0. The van der Waals surface area contributed by atoms with Crippen LogP contribution in [0.3, 0.4) is 0 Å². The van der Waals surface area contributed by atoms with Crippen molar-refractivity contribution in [1.29, 1.82) is 0 Å². The third-order valence-corrected chi connectivity index (χ3v) is 5.41. The molecule has 1 atom stereocenters. The summed E-state index contributed by atoms with van der Waals surface area (Å²) in [5, 5.41) is 17.6. The first-order valence-electron chi connectivity index (χ1n) is 10.4. The minimum atomic E-state index is -5.19. The van der Waals surface area contributed by atoms with E-state index in [1.165, 1.54) is 0 Å². The highest BCUT2D eigenvalue weighted by molar-refractivity contribution is 6.30. The maximum absolute atomic E-state index is 12.5. The van der Waals surface area contributed by atoms with Crippen LogP contribution in [0.2, 0.25) is 10.0 Å². The molecule has 0 aliphatic rings. The van der Waals surface area contributed by atoms with Crippen LogP contribution < -0.4 is 10.4 Å². The molecule has 0 unspecified atom stereocenters. The second-order valence-electron chi connectivity index (χ2n) is 7.75. The van der Waals surface area contributed by atoms with E-state index in [0.29, 0.717) is 16.6 Å². The molecule has 3 aromatic rings. The average Bonchev–Trinajstić information content (AvgIpc) is 3.09. The van der Waals surface area contributed by atoms with Gasteiger partial charge in [0.1, 0.15) is 12.5 Å². The molecular formula is C24H23Cl2F3N3O3-. The molecule has 6 nitrogen and oxygen atoms in total. The van der Waals surface area contributed by atoms with Crippen LogP contribution in [0.5, 0.6) is 0 Å². The fourth-order valence-electron chi connectivity index (χ4n) is 3.21. The molecule has 0 aliphatic carbocycles. The lowest BCUT2D eigenvalue weighted by Gasteiger charge is -2.19. The summed E-state index contributed by atoms with van der Waals surface area (Å²) in [5.74, 6) is -2.93. The van der Waals surface area contributed by atoms with Crippen LogP contribution in [0.1, 0.15) is 28.4 Å². The number of carbonyl (C=O) groups excluding carboxylic acids is 2. The third kappa shape index (κ3) is 9.62. The Morgan fingerprint density at radius 1 is 1.03 bits per heavy atom. The van der Waals surface area contributed by atoms with Crippen molar-refractivity contribution in [3.8, 4) is 0 Å². The Morgan fingerprint density at radius 3 is 2.00 bits per heavy atom. The van der Waals surface area contributed by atoms with Gasteiger partial charge in [-0.3, -0.25) is 9.48 Å². The van der Waals surface area contributed by atoms with Gasteiger partial charge in [0.25, 0.3) is 0 Å². The van der Waals surface area contributed by atoms with Crippen molar-refractivity contribution in [2.24, 2.45) is 0 Å². The molecule has 0 saturated carbocycles. The summed E-state index contributed by atoms with van der Waals surface area (Å²) in [6, 6.07) is 17.5. The molecule has 0 spiro atoms. The zero-order valence-corrected chi connectivity index (χ0v) is 20.4. The van der Waals surface area contributed by atoms with Gasteiger partial charge in [0, 0.05) is 28.2 Å². The first-order valence-corrected chi connectivity index (χ1v) is 11.2. The van der Waals surface area contributed by atoms with E-state index in [4.69, 9.17) is 33.1 Å². The first-order chi connectivity index (χ1) is 16.3. The lowest BCUT2D eigenvalue weighted by Crippen LogP contribution is -2.37. The van der Waals surface area contributed by atoms with Gasteiger partial charge in [0.05, 0.1) is 5.69 Å². The number of amides is 1. The van der Waals surface area contributed by atoms with Crippen LogP contribution in [0, 0.1) is 13.8 Å². The van der Waals surface area contributed by atoms with Gasteiger partial charge in [-0.25, -0.2) is 0 Å². The third-order valence-electron chi connectivity index (χ3n) is 4.91. The standard InChI is InChI=1S/C22H23Cl2N3O.C2HF3O2/c1-15-11-16(2)27(26-15)14-22(28)25-13-19(18-5-9-21(24)10-6-18)12-17-3-7-20(23)8-4-17;3-2(4,5)1(6)7/h3-11,19H,12-14H2,1-2H3,(H,25,28);(H,6,7)/p-1/t19-;/m0./s1. The van der Waals surface area contributed by atoms with Gasteiger partial charge in [-0.1, -0.05) is 47.5 Å². The van der Waals surface area contributed by atoms with Crippen LogP contribution >= 0.6 is 23.2 Å². The molecule has 0 aliphatic heterocycles. The molecule has 3 rings (SSSR count). The predicted molar refractivity (Wildman–Crippen MR) is 125 cm³/mol.